The average Bonchev–Trinajstić information content (AvgIpc) is 2.12. The molecule has 0 spiro atoms. The molecule has 0 heterocycles. The zero-order chi connectivity index (χ0) is 10.3. The van der Waals surface area contributed by atoms with Gasteiger partial charge in [0, 0.05) is 5.92 Å². The summed E-state index contributed by atoms with van der Waals surface area (Å²) in [6, 6.07) is 0. The quantitative estimate of drug-likeness (QED) is 0.478. The molecule has 0 radical (unpaired) electrons. The maximum atomic E-state index is 9.42. The second-order valence-electron chi connectivity index (χ2n) is 3.79. The van der Waals surface area contributed by atoms with Gasteiger partial charge in [0.15, 0.2) is 0 Å². The van der Waals surface area contributed by atoms with Crippen LogP contribution in [0.3, 0.4) is 0 Å². The number of rotatable bonds is 7. The van der Waals surface area contributed by atoms with E-state index in [1.54, 1.807) is 6.92 Å². The predicted molar refractivity (Wildman–Crippen MR) is 52.5 cm³/mol. The Kier molecular flexibility index (Phi) is 6.29. The molecule has 0 rings (SSSR count). The number of hydrogen-bond acceptors (Lipinski definition) is 2. The summed E-state index contributed by atoms with van der Waals surface area (Å²) in [5.74, 6) is 0.440. The summed E-state index contributed by atoms with van der Waals surface area (Å²) in [6.07, 6.45) is 4.50. The van der Waals surface area contributed by atoms with E-state index in [-0.39, 0.29) is 0 Å². The summed E-state index contributed by atoms with van der Waals surface area (Å²) < 4.78 is 0. The summed E-state index contributed by atoms with van der Waals surface area (Å²) in [5, 5.41) is 18.8. The Morgan fingerprint density at radius 1 is 1.15 bits per heavy atom. The molecular weight excluding hydrogens is 166 g/mol. The first kappa shape index (κ1) is 12.9. The van der Waals surface area contributed by atoms with E-state index >= 15 is 0 Å². The maximum Gasteiger partial charge on any atom is 0.145 e. The molecule has 0 aromatic heterocycles. The number of quaternary nitrogens is 1. The van der Waals surface area contributed by atoms with Crippen molar-refractivity contribution in [3.63, 3.8) is 0 Å². The first-order valence-corrected chi connectivity index (χ1v) is 5.38. The summed E-state index contributed by atoms with van der Waals surface area (Å²) in [5.41, 5.74) is 0. The average molecular weight is 190 g/mol. The van der Waals surface area contributed by atoms with Crippen molar-refractivity contribution in [2.45, 2.75) is 46.5 Å². The van der Waals surface area contributed by atoms with Gasteiger partial charge in [-0.25, -0.2) is 0 Å². The van der Waals surface area contributed by atoms with Gasteiger partial charge in [-0.15, -0.1) is 0 Å². The minimum atomic E-state index is -0.817. The normalized spacial score (nSPS) is 14.5. The van der Waals surface area contributed by atoms with Crippen molar-refractivity contribution in [1.29, 1.82) is 0 Å². The lowest BCUT2D eigenvalue weighted by Crippen LogP contribution is -2.44. The summed E-state index contributed by atoms with van der Waals surface area (Å²) in [6.45, 7) is 6.88. The van der Waals surface area contributed by atoms with Gasteiger partial charge in [-0.1, -0.05) is 26.7 Å². The van der Waals surface area contributed by atoms with Crippen LogP contribution in [0.2, 0.25) is 0 Å². The topological polar surface area (TPSA) is 40.5 Å². The molecular formula is C10H24NO2+. The highest BCUT2D eigenvalue weighted by atomic mass is 16.8. The lowest BCUT2D eigenvalue weighted by Gasteiger charge is -2.24. The zero-order valence-corrected chi connectivity index (χ0v) is 9.16. The molecule has 1 unspecified atom stereocenters. The van der Waals surface area contributed by atoms with Crippen molar-refractivity contribution in [2.24, 2.45) is 5.92 Å². The third-order valence-corrected chi connectivity index (χ3v) is 2.60. The molecule has 3 heteroatoms. The molecule has 0 aliphatic rings. The van der Waals surface area contributed by atoms with Crippen LogP contribution in [-0.2, 0) is 0 Å². The lowest BCUT2D eigenvalue weighted by molar-refractivity contribution is -1.24. The smallest absolute Gasteiger partial charge is 0.145 e. The standard InChI is InChI=1S/C10H24NO2/c1-4-7-8-10(5-2)9-11(12,13)6-3/h10,12-13H,4-9H2,1-3H3/q+1. The Morgan fingerprint density at radius 3 is 2.15 bits per heavy atom. The molecule has 2 N–H and O–H groups in total. The number of nitrogens with zero attached hydrogens (tertiary/aromatic N) is 1. The molecule has 0 saturated carbocycles. The van der Waals surface area contributed by atoms with Crippen molar-refractivity contribution in [3.8, 4) is 0 Å². The van der Waals surface area contributed by atoms with E-state index in [9.17, 15) is 10.4 Å². The van der Waals surface area contributed by atoms with Gasteiger partial charge >= 0.3 is 0 Å². The molecule has 1 atom stereocenters. The first-order valence-electron chi connectivity index (χ1n) is 5.38. The largest absolute Gasteiger partial charge is 0.182 e. The van der Waals surface area contributed by atoms with Gasteiger partial charge < -0.3 is 0 Å². The van der Waals surface area contributed by atoms with E-state index in [2.05, 4.69) is 13.8 Å². The maximum absolute atomic E-state index is 9.42. The second-order valence-corrected chi connectivity index (χ2v) is 3.79. The Bertz CT molecular complexity index is 126. The van der Waals surface area contributed by atoms with Gasteiger partial charge in [0.1, 0.15) is 13.1 Å². The van der Waals surface area contributed by atoms with Crippen LogP contribution in [0.4, 0.5) is 0 Å². The number of hydrogen-bond donors (Lipinski definition) is 2. The molecule has 0 bridgehead atoms. The van der Waals surface area contributed by atoms with Crippen molar-refractivity contribution in [2.75, 3.05) is 13.1 Å². The van der Waals surface area contributed by atoms with Crippen LogP contribution in [0.25, 0.3) is 0 Å². The van der Waals surface area contributed by atoms with Gasteiger partial charge in [0.2, 0.25) is 0 Å². The Hall–Kier alpha value is -0.120. The molecule has 80 valence electrons. The van der Waals surface area contributed by atoms with Crippen LogP contribution in [-0.4, -0.2) is 28.3 Å². The van der Waals surface area contributed by atoms with Crippen molar-refractivity contribution in [1.82, 2.24) is 0 Å². The molecule has 0 fully saturated rings. The van der Waals surface area contributed by atoms with E-state index in [0.717, 1.165) is 12.8 Å². The minimum Gasteiger partial charge on any atom is -0.182 e. The molecule has 0 aromatic rings. The van der Waals surface area contributed by atoms with Crippen LogP contribution in [0.15, 0.2) is 0 Å². The monoisotopic (exact) mass is 190 g/mol. The van der Waals surface area contributed by atoms with Crippen LogP contribution >= 0.6 is 0 Å². The van der Waals surface area contributed by atoms with Crippen LogP contribution in [0.1, 0.15) is 46.5 Å². The molecule has 3 nitrogen and oxygen atoms in total. The zero-order valence-electron chi connectivity index (χ0n) is 9.16. The van der Waals surface area contributed by atoms with Crippen molar-refractivity contribution >= 4 is 0 Å². The van der Waals surface area contributed by atoms with Gasteiger partial charge in [-0.2, -0.15) is 10.4 Å². The first-order chi connectivity index (χ1) is 6.05. The third kappa shape index (κ3) is 6.02. The lowest BCUT2D eigenvalue weighted by atomic mass is 9.99. The third-order valence-electron chi connectivity index (χ3n) is 2.60. The summed E-state index contributed by atoms with van der Waals surface area (Å²) >= 11 is 0. The molecule has 0 saturated heterocycles. The fraction of sp³-hybridized carbons (Fsp3) is 1.00. The molecule has 0 aliphatic heterocycles. The summed E-state index contributed by atoms with van der Waals surface area (Å²) in [4.78, 5) is -0.817. The van der Waals surface area contributed by atoms with Gasteiger partial charge in [-0.3, -0.25) is 0 Å². The van der Waals surface area contributed by atoms with Crippen molar-refractivity contribution < 1.29 is 15.2 Å². The number of unbranched alkanes of at least 4 members (excludes halogenated alkanes) is 1. The summed E-state index contributed by atoms with van der Waals surface area (Å²) in [7, 11) is 0. The second kappa shape index (κ2) is 6.35. The highest BCUT2D eigenvalue weighted by molar-refractivity contribution is 4.54. The van der Waals surface area contributed by atoms with E-state index < -0.39 is 4.81 Å². The van der Waals surface area contributed by atoms with Crippen LogP contribution < -0.4 is 0 Å². The Balaban J connectivity index is 3.82. The van der Waals surface area contributed by atoms with Gasteiger partial charge in [-0.05, 0) is 24.6 Å². The van der Waals surface area contributed by atoms with E-state index in [4.69, 9.17) is 0 Å². The molecule has 0 aliphatic carbocycles. The Morgan fingerprint density at radius 2 is 1.77 bits per heavy atom. The number of hydroxylamine groups is 4. The highest BCUT2D eigenvalue weighted by Crippen LogP contribution is 2.15. The predicted octanol–water partition coefficient (Wildman–Crippen LogP) is 2.82. The van der Waals surface area contributed by atoms with Crippen LogP contribution in [0.5, 0.6) is 0 Å². The van der Waals surface area contributed by atoms with E-state index in [1.807, 2.05) is 0 Å². The Labute approximate surface area is 81.5 Å². The molecule has 13 heavy (non-hydrogen) atoms. The fourth-order valence-electron chi connectivity index (χ4n) is 1.46. The van der Waals surface area contributed by atoms with E-state index in [0.29, 0.717) is 19.0 Å². The van der Waals surface area contributed by atoms with Gasteiger partial charge in [0.25, 0.3) is 0 Å². The highest BCUT2D eigenvalue weighted by Gasteiger charge is 2.24. The van der Waals surface area contributed by atoms with E-state index in [1.165, 1.54) is 12.8 Å². The van der Waals surface area contributed by atoms with Gasteiger partial charge in [0.05, 0.1) is 0 Å². The van der Waals surface area contributed by atoms with Crippen LogP contribution in [0, 0.1) is 5.92 Å². The molecule has 0 aromatic carbocycles. The molecule has 0 amide bonds. The fourth-order valence-corrected chi connectivity index (χ4v) is 1.46. The SMILES string of the molecule is CCCCC(CC)C[N+](O)(O)CC. The minimum absolute atomic E-state index is 0.364. The van der Waals surface area contributed by atoms with Crippen molar-refractivity contribution in [3.05, 3.63) is 0 Å².